The highest BCUT2D eigenvalue weighted by atomic mass is 16.5. The normalized spacial score (nSPS) is 28.6. The Morgan fingerprint density at radius 2 is 2.19 bits per heavy atom. The number of aromatic nitrogens is 1. The lowest BCUT2D eigenvalue weighted by molar-refractivity contribution is -0.150. The van der Waals surface area contributed by atoms with Crippen LogP contribution in [0.1, 0.15) is 36.7 Å². The summed E-state index contributed by atoms with van der Waals surface area (Å²) in [6.45, 7) is 3.05. The molecule has 8 nitrogen and oxygen atoms in total. The van der Waals surface area contributed by atoms with Crippen molar-refractivity contribution in [3.63, 3.8) is 0 Å². The molecular formula is C19H27N3O5. The largest absolute Gasteiger partial charge is 0.389 e. The smallest absolute Gasteiger partial charge is 0.272 e. The van der Waals surface area contributed by atoms with Gasteiger partial charge in [-0.05, 0) is 31.9 Å². The van der Waals surface area contributed by atoms with Crippen molar-refractivity contribution in [2.75, 3.05) is 26.3 Å². The zero-order valence-corrected chi connectivity index (χ0v) is 15.5. The maximum Gasteiger partial charge on any atom is 0.272 e. The monoisotopic (exact) mass is 377 g/mol. The van der Waals surface area contributed by atoms with Gasteiger partial charge < -0.3 is 24.8 Å². The van der Waals surface area contributed by atoms with Gasteiger partial charge in [-0.15, -0.1) is 0 Å². The van der Waals surface area contributed by atoms with Gasteiger partial charge in [-0.25, -0.2) is 0 Å². The van der Waals surface area contributed by atoms with Gasteiger partial charge in [0.1, 0.15) is 11.8 Å². The van der Waals surface area contributed by atoms with E-state index in [-0.39, 0.29) is 49.8 Å². The second-order valence-electron chi connectivity index (χ2n) is 6.96. The minimum atomic E-state index is -0.758. The van der Waals surface area contributed by atoms with Crippen molar-refractivity contribution in [1.82, 2.24) is 15.2 Å². The highest BCUT2D eigenvalue weighted by molar-refractivity contribution is 5.92. The molecule has 0 aliphatic carbocycles. The Balaban J connectivity index is 1.74. The molecule has 0 unspecified atom stereocenters. The molecule has 1 aromatic rings. The van der Waals surface area contributed by atoms with Gasteiger partial charge in [0.25, 0.3) is 5.91 Å². The summed E-state index contributed by atoms with van der Waals surface area (Å²) in [7, 11) is 0. The Labute approximate surface area is 158 Å². The number of amides is 2. The van der Waals surface area contributed by atoms with Gasteiger partial charge in [0, 0.05) is 19.3 Å². The van der Waals surface area contributed by atoms with Gasteiger partial charge in [-0.2, -0.15) is 0 Å². The van der Waals surface area contributed by atoms with Crippen LogP contribution < -0.4 is 5.32 Å². The number of carbonyl (C=O) groups is 2. The number of hydrogen-bond donors (Lipinski definition) is 2. The topological polar surface area (TPSA) is 101 Å². The van der Waals surface area contributed by atoms with E-state index in [0.29, 0.717) is 31.5 Å². The summed E-state index contributed by atoms with van der Waals surface area (Å²) in [5.74, 6) is -0.262. The lowest BCUT2D eigenvalue weighted by atomic mass is 9.94. The molecule has 0 aromatic carbocycles. The summed E-state index contributed by atoms with van der Waals surface area (Å²) >= 11 is 0. The van der Waals surface area contributed by atoms with Crippen molar-refractivity contribution >= 4 is 11.8 Å². The van der Waals surface area contributed by atoms with Gasteiger partial charge in [0.05, 0.1) is 37.9 Å². The van der Waals surface area contributed by atoms with Crippen molar-refractivity contribution in [3.8, 4) is 0 Å². The van der Waals surface area contributed by atoms with Crippen LogP contribution in [0.15, 0.2) is 24.4 Å². The molecule has 1 aromatic heterocycles. The summed E-state index contributed by atoms with van der Waals surface area (Å²) in [4.78, 5) is 30.7. The van der Waals surface area contributed by atoms with Gasteiger partial charge >= 0.3 is 0 Å². The summed E-state index contributed by atoms with van der Waals surface area (Å²) < 4.78 is 11.7. The van der Waals surface area contributed by atoms with Crippen molar-refractivity contribution in [1.29, 1.82) is 0 Å². The highest BCUT2D eigenvalue weighted by Gasteiger charge is 2.40. The van der Waals surface area contributed by atoms with Crippen LogP contribution in [0.5, 0.6) is 0 Å². The quantitative estimate of drug-likeness (QED) is 0.786. The summed E-state index contributed by atoms with van der Waals surface area (Å²) in [6.07, 6.45) is 1.94. The molecule has 0 spiro atoms. The van der Waals surface area contributed by atoms with Gasteiger partial charge in [-0.3, -0.25) is 14.6 Å². The predicted octanol–water partition coefficient (Wildman–Crippen LogP) is 0.357. The average molecular weight is 377 g/mol. The van der Waals surface area contributed by atoms with Crippen molar-refractivity contribution in [3.05, 3.63) is 30.1 Å². The van der Waals surface area contributed by atoms with Crippen LogP contribution in [0.25, 0.3) is 0 Å². The molecule has 4 atom stereocenters. The van der Waals surface area contributed by atoms with Gasteiger partial charge in [0.15, 0.2) is 0 Å². The molecule has 2 fully saturated rings. The van der Waals surface area contributed by atoms with Crippen LogP contribution in [0.4, 0.5) is 0 Å². The molecule has 2 aliphatic rings. The molecule has 0 saturated carbocycles. The Morgan fingerprint density at radius 1 is 1.33 bits per heavy atom. The molecule has 0 radical (unpaired) electrons. The lowest BCUT2D eigenvalue weighted by Crippen LogP contribution is -2.57. The van der Waals surface area contributed by atoms with E-state index in [4.69, 9.17) is 9.47 Å². The molecule has 0 bridgehead atoms. The number of nitrogens with one attached hydrogen (secondary N) is 1. The predicted molar refractivity (Wildman–Crippen MR) is 97.1 cm³/mol. The molecule has 2 saturated heterocycles. The number of fused-ring (bicyclic) bond motifs is 1. The van der Waals surface area contributed by atoms with E-state index in [1.807, 2.05) is 6.92 Å². The molecule has 8 heteroatoms. The summed E-state index contributed by atoms with van der Waals surface area (Å²) in [5.41, 5.74) is 0.342. The van der Waals surface area contributed by atoms with Crippen LogP contribution in [-0.4, -0.2) is 77.5 Å². The zero-order valence-electron chi connectivity index (χ0n) is 15.5. The van der Waals surface area contributed by atoms with E-state index in [1.165, 1.54) is 0 Å². The zero-order chi connectivity index (χ0) is 19.2. The molecule has 148 valence electrons. The first-order valence-corrected chi connectivity index (χ1v) is 9.48. The number of pyridine rings is 1. The number of nitrogens with zero attached hydrogens (tertiary/aromatic N) is 2. The second-order valence-corrected chi connectivity index (χ2v) is 6.96. The minimum Gasteiger partial charge on any atom is -0.389 e. The minimum absolute atomic E-state index is 0.0375. The number of ether oxygens (including phenoxy) is 2. The third-order valence-corrected chi connectivity index (χ3v) is 4.91. The standard InChI is InChI=1S/C19H27N3O5/c1-2-20-18(24)9-14-6-7-16-17(27-14)12-26-11-13(23)10-22(16)19(25)15-5-3-4-8-21-15/h3-5,8,13-14,16-17,23H,2,6-7,9-12H2,1H3,(H,20,24)/t13-,14+,16+,17-/m0/s1. The van der Waals surface area contributed by atoms with E-state index in [1.54, 1.807) is 29.3 Å². The van der Waals surface area contributed by atoms with E-state index in [0.717, 1.165) is 0 Å². The fourth-order valence-corrected chi connectivity index (χ4v) is 3.69. The van der Waals surface area contributed by atoms with E-state index in [9.17, 15) is 14.7 Å². The molecule has 3 heterocycles. The van der Waals surface area contributed by atoms with Crippen LogP contribution >= 0.6 is 0 Å². The van der Waals surface area contributed by atoms with Crippen LogP contribution in [0.3, 0.4) is 0 Å². The van der Waals surface area contributed by atoms with Crippen LogP contribution in [-0.2, 0) is 14.3 Å². The number of rotatable bonds is 4. The third-order valence-electron chi connectivity index (χ3n) is 4.91. The molecule has 2 amide bonds. The number of carbonyl (C=O) groups excluding carboxylic acids is 2. The molecule has 2 aliphatic heterocycles. The first-order valence-electron chi connectivity index (χ1n) is 9.48. The fourth-order valence-electron chi connectivity index (χ4n) is 3.69. The first-order chi connectivity index (χ1) is 13.1. The van der Waals surface area contributed by atoms with Crippen molar-refractivity contribution in [2.45, 2.75) is 50.5 Å². The summed E-state index contributed by atoms with van der Waals surface area (Å²) in [5, 5.41) is 13.0. The number of aliphatic hydroxyl groups excluding tert-OH is 1. The van der Waals surface area contributed by atoms with Gasteiger partial charge in [-0.1, -0.05) is 6.07 Å². The Hall–Kier alpha value is -2.03. The maximum atomic E-state index is 13.0. The first kappa shape index (κ1) is 19.7. The second kappa shape index (κ2) is 9.25. The number of hydrogen-bond acceptors (Lipinski definition) is 6. The Morgan fingerprint density at radius 3 is 2.93 bits per heavy atom. The van der Waals surface area contributed by atoms with Crippen molar-refractivity contribution < 1.29 is 24.2 Å². The van der Waals surface area contributed by atoms with Crippen LogP contribution in [0.2, 0.25) is 0 Å². The molecule has 27 heavy (non-hydrogen) atoms. The van der Waals surface area contributed by atoms with Gasteiger partial charge in [0.2, 0.25) is 5.91 Å². The van der Waals surface area contributed by atoms with Crippen molar-refractivity contribution in [2.24, 2.45) is 0 Å². The highest BCUT2D eigenvalue weighted by Crippen LogP contribution is 2.28. The average Bonchev–Trinajstić information content (AvgIpc) is 2.65. The third kappa shape index (κ3) is 5.03. The Kier molecular flexibility index (Phi) is 6.76. The fraction of sp³-hybridized carbons (Fsp3) is 0.632. The maximum absolute atomic E-state index is 13.0. The number of β-amino-alcohol motifs (C(OH)–C–C–N with tert-alkyl or cyclic N) is 1. The molecular weight excluding hydrogens is 350 g/mol. The SMILES string of the molecule is CCNC(=O)C[C@H]1CC[C@@H]2[C@H](COC[C@@H](O)CN2C(=O)c2ccccn2)O1. The lowest BCUT2D eigenvalue weighted by Gasteiger charge is -2.44. The number of aliphatic hydroxyl groups is 1. The molecule has 3 rings (SSSR count). The van der Waals surface area contributed by atoms with E-state index < -0.39 is 6.10 Å². The van der Waals surface area contributed by atoms with E-state index >= 15 is 0 Å². The van der Waals surface area contributed by atoms with Crippen LogP contribution in [0, 0.1) is 0 Å². The Bertz CT molecular complexity index is 641. The van der Waals surface area contributed by atoms with E-state index in [2.05, 4.69) is 10.3 Å². The molecule has 2 N–H and O–H groups in total. The summed E-state index contributed by atoms with van der Waals surface area (Å²) in [6, 6.07) is 4.97.